The van der Waals surface area contributed by atoms with Gasteiger partial charge in [-0.25, -0.2) is 9.50 Å². The molecule has 0 radical (unpaired) electrons. The van der Waals surface area contributed by atoms with Crippen LogP contribution in [0.3, 0.4) is 0 Å². The van der Waals surface area contributed by atoms with Crippen molar-refractivity contribution in [1.29, 1.82) is 0 Å². The molecule has 7 nitrogen and oxygen atoms in total. The topological polar surface area (TPSA) is 84.2 Å². The molecule has 0 bridgehead atoms. The lowest BCUT2D eigenvalue weighted by Crippen LogP contribution is -2.50. The third-order valence-electron chi connectivity index (χ3n) is 3.51. The predicted octanol–water partition coefficient (Wildman–Crippen LogP) is 0.615. The molecule has 1 amide bonds. The molecular weight excluding hydrogens is 324 g/mol. The highest BCUT2D eigenvalue weighted by Gasteiger charge is 2.24. The maximum absolute atomic E-state index is 12.2. The van der Waals surface area contributed by atoms with Gasteiger partial charge in [0, 0.05) is 25.0 Å². The van der Waals surface area contributed by atoms with Gasteiger partial charge in [-0.15, -0.1) is 5.10 Å². The molecule has 2 N–H and O–H groups in total. The lowest BCUT2D eigenvalue weighted by molar-refractivity contribution is 0.0905. The van der Waals surface area contributed by atoms with Crippen molar-refractivity contribution in [3.8, 4) is 0 Å². The normalized spacial score (nSPS) is 22.9. The van der Waals surface area contributed by atoms with Gasteiger partial charge >= 0.3 is 0 Å². The molecule has 1 aliphatic rings. The number of nitrogens with zero attached hydrogens (tertiary/aromatic N) is 4. The smallest absolute Gasteiger partial charge is 0.291 e. The summed E-state index contributed by atoms with van der Waals surface area (Å²) in [5.74, 6) is 0.748. The van der Waals surface area contributed by atoms with E-state index in [9.17, 15) is 4.79 Å². The summed E-state index contributed by atoms with van der Waals surface area (Å²) in [4.78, 5) is 20.4. The number of fused-ring (bicyclic) bond motifs is 1. The number of amides is 1. The van der Waals surface area contributed by atoms with Gasteiger partial charge in [-0.1, -0.05) is 6.92 Å². The van der Waals surface area contributed by atoms with Crippen molar-refractivity contribution in [2.45, 2.75) is 19.4 Å². The third kappa shape index (κ3) is 2.66. The van der Waals surface area contributed by atoms with Gasteiger partial charge in [0.15, 0.2) is 0 Å². The van der Waals surface area contributed by atoms with Gasteiger partial charge in [0.2, 0.25) is 5.82 Å². The Morgan fingerprint density at radius 1 is 1.60 bits per heavy atom. The van der Waals surface area contributed by atoms with Crippen molar-refractivity contribution in [3.63, 3.8) is 0 Å². The molecule has 3 heterocycles. The van der Waals surface area contributed by atoms with Gasteiger partial charge in [0.25, 0.3) is 11.7 Å². The summed E-state index contributed by atoms with van der Waals surface area (Å²) in [6.45, 7) is 3.92. The molecular formula is C12H15BrN6O. The van der Waals surface area contributed by atoms with Crippen LogP contribution < -0.4 is 10.6 Å². The summed E-state index contributed by atoms with van der Waals surface area (Å²) >= 11 is 3.31. The van der Waals surface area contributed by atoms with E-state index in [1.165, 1.54) is 4.52 Å². The molecule has 0 aromatic carbocycles. The highest BCUT2D eigenvalue weighted by molar-refractivity contribution is 9.10. The monoisotopic (exact) mass is 338 g/mol. The highest BCUT2D eigenvalue weighted by atomic mass is 79.9. The molecule has 106 valence electrons. The largest absolute Gasteiger partial charge is 0.345 e. The van der Waals surface area contributed by atoms with E-state index in [1.807, 2.05) is 0 Å². The molecule has 8 heteroatoms. The van der Waals surface area contributed by atoms with Crippen LogP contribution in [0.2, 0.25) is 0 Å². The Bertz CT molecular complexity index is 642. The molecule has 0 spiro atoms. The number of halogens is 1. The maximum Gasteiger partial charge on any atom is 0.291 e. The van der Waals surface area contributed by atoms with E-state index in [0.717, 1.165) is 24.0 Å². The summed E-state index contributed by atoms with van der Waals surface area (Å²) < 4.78 is 2.27. The Morgan fingerprint density at radius 3 is 3.25 bits per heavy atom. The molecule has 3 rings (SSSR count). The van der Waals surface area contributed by atoms with Crippen LogP contribution in [0.5, 0.6) is 0 Å². The van der Waals surface area contributed by atoms with Crippen molar-refractivity contribution in [3.05, 3.63) is 22.7 Å². The summed E-state index contributed by atoms with van der Waals surface area (Å²) in [6.07, 6.45) is 4.40. The van der Waals surface area contributed by atoms with Crippen LogP contribution in [-0.4, -0.2) is 44.6 Å². The lowest BCUT2D eigenvalue weighted by Gasteiger charge is -2.29. The summed E-state index contributed by atoms with van der Waals surface area (Å²) in [6, 6.07) is 0.113. The highest BCUT2D eigenvalue weighted by Crippen LogP contribution is 2.12. The fraction of sp³-hybridized carbons (Fsp3) is 0.500. The predicted molar refractivity (Wildman–Crippen MR) is 76.4 cm³/mol. The summed E-state index contributed by atoms with van der Waals surface area (Å²) in [7, 11) is 0. The van der Waals surface area contributed by atoms with Crippen molar-refractivity contribution >= 4 is 27.6 Å². The van der Waals surface area contributed by atoms with Gasteiger partial charge < -0.3 is 10.6 Å². The molecule has 20 heavy (non-hydrogen) atoms. The van der Waals surface area contributed by atoms with Crippen LogP contribution in [0.15, 0.2) is 16.9 Å². The van der Waals surface area contributed by atoms with E-state index in [0.29, 0.717) is 11.7 Å². The minimum Gasteiger partial charge on any atom is -0.345 e. The van der Waals surface area contributed by atoms with E-state index in [-0.39, 0.29) is 17.8 Å². The van der Waals surface area contributed by atoms with Crippen molar-refractivity contribution in [1.82, 2.24) is 30.2 Å². The molecule has 0 saturated carbocycles. The second kappa shape index (κ2) is 5.45. The average Bonchev–Trinajstić information content (AvgIpc) is 2.84. The number of nitrogens with one attached hydrogen (secondary N) is 2. The first-order valence-corrected chi connectivity index (χ1v) is 7.32. The maximum atomic E-state index is 12.2. The number of carbonyl (C=O) groups is 1. The Hall–Kier alpha value is -1.54. The van der Waals surface area contributed by atoms with Crippen LogP contribution in [-0.2, 0) is 0 Å². The number of carbonyl (C=O) groups excluding carboxylic acids is 1. The first kappa shape index (κ1) is 13.4. The van der Waals surface area contributed by atoms with Crippen molar-refractivity contribution in [2.75, 3.05) is 13.1 Å². The summed E-state index contributed by atoms with van der Waals surface area (Å²) in [5.41, 5.74) is 0. The molecule has 1 saturated heterocycles. The van der Waals surface area contributed by atoms with Crippen LogP contribution in [0.4, 0.5) is 0 Å². The molecule has 0 aliphatic carbocycles. The Morgan fingerprint density at radius 2 is 2.45 bits per heavy atom. The third-order valence-corrected chi connectivity index (χ3v) is 3.92. The molecule has 2 aromatic heterocycles. The van der Waals surface area contributed by atoms with E-state index in [2.05, 4.69) is 48.6 Å². The van der Waals surface area contributed by atoms with Crippen LogP contribution in [0.1, 0.15) is 24.0 Å². The van der Waals surface area contributed by atoms with Gasteiger partial charge in [-0.3, -0.25) is 4.79 Å². The number of hydrogen-bond acceptors (Lipinski definition) is 5. The molecule has 2 atom stereocenters. The van der Waals surface area contributed by atoms with Crippen LogP contribution in [0.25, 0.3) is 5.78 Å². The molecule has 2 aromatic rings. The first-order valence-electron chi connectivity index (χ1n) is 6.53. The van der Waals surface area contributed by atoms with Gasteiger partial charge in [0.1, 0.15) is 0 Å². The van der Waals surface area contributed by atoms with Gasteiger partial charge in [-0.2, -0.15) is 4.98 Å². The van der Waals surface area contributed by atoms with E-state index in [4.69, 9.17) is 0 Å². The van der Waals surface area contributed by atoms with Crippen LogP contribution in [0, 0.1) is 5.92 Å². The number of piperidine rings is 1. The average molecular weight is 339 g/mol. The zero-order valence-corrected chi connectivity index (χ0v) is 12.6. The minimum atomic E-state index is -0.257. The van der Waals surface area contributed by atoms with E-state index >= 15 is 0 Å². The first-order chi connectivity index (χ1) is 9.63. The van der Waals surface area contributed by atoms with Crippen molar-refractivity contribution < 1.29 is 4.79 Å². The van der Waals surface area contributed by atoms with E-state index in [1.54, 1.807) is 12.4 Å². The second-order valence-electron chi connectivity index (χ2n) is 5.00. The number of aromatic nitrogens is 4. The fourth-order valence-electron chi connectivity index (χ4n) is 2.27. The standard InChI is InChI=1S/C12H15BrN6O/c1-7-2-3-14-5-9(7)16-11(20)10-17-12-15-4-8(13)6-19(12)18-10/h4,6-7,9,14H,2-3,5H2,1H3,(H,16,20). The minimum absolute atomic E-state index is 0.113. The van der Waals surface area contributed by atoms with Crippen LogP contribution >= 0.6 is 15.9 Å². The zero-order chi connectivity index (χ0) is 14.1. The quantitative estimate of drug-likeness (QED) is 0.838. The Balaban J connectivity index is 1.78. The second-order valence-corrected chi connectivity index (χ2v) is 5.92. The zero-order valence-electron chi connectivity index (χ0n) is 11.0. The van der Waals surface area contributed by atoms with Crippen molar-refractivity contribution in [2.24, 2.45) is 5.92 Å². The van der Waals surface area contributed by atoms with Gasteiger partial charge in [0.05, 0.1) is 4.47 Å². The fourth-order valence-corrected chi connectivity index (χ4v) is 2.57. The molecule has 1 aliphatic heterocycles. The molecule has 2 unspecified atom stereocenters. The lowest BCUT2D eigenvalue weighted by atomic mass is 9.95. The summed E-state index contributed by atoms with van der Waals surface area (Å²) in [5, 5.41) is 10.4. The Labute approximate surface area is 124 Å². The van der Waals surface area contributed by atoms with Gasteiger partial charge in [-0.05, 0) is 34.8 Å². The SMILES string of the molecule is CC1CCNCC1NC(=O)c1nc2ncc(Br)cn2n1. The van der Waals surface area contributed by atoms with E-state index < -0.39 is 0 Å². The number of hydrogen-bond donors (Lipinski definition) is 2. The Kier molecular flexibility index (Phi) is 3.66. The molecule has 1 fully saturated rings. The number of rotatable bonds is 2.